The Hall–Kier alpha value is -2.35. The van der Waals surface area contributed by atoms with Gasteiger partial charge in [0.05, 0.1) is 4.92 Å². The van der Waals surface area contributed by atoms with Crippen molar-refractivity contribution >= 4 is 17.4 Å². The Morgan fingerprint density at radius 1 is 1.40 bits per heavy atom. The molecule has 1 aromatic heterocycles. The number of nitro groups is 1. The summed E-state index contributed by atoms with van der Waals surface area (Å²) < 4.78 is 1.80. The average molecular weight is 289 g/mol. The van der Waals surface area contributed by atoms with Gasteiger partial charge in [-0.25, -0.2) is 4.68 Å². The molecule has 0 amide bonds. The third-order valence-corrected chi connectivity index (χ3v) is 3.82. The van der Waals surface area contributed by atoms with Crippen LogP contribution in [0.4, 0.5) is 5.69 Å². The maximum Gasteiger partial charge on any atom is 0.269 e. The SMILES string of the molecule is C/C=C/[C@@H]1Nn2c(nnc2-c2ccc([N+](=O)[O-])cc2)S1. The lowest BCUT2D eigenvalue weighted by molar-refractivity contribution is -0.384. The number of fused-ring (bicyclic) bond motifs is 1. The van der Waals surface area contributed by atoms with Gasteiger partial charge in [-0.05, 0) is 19.1 Å². The second-order valence-corrected chi connectivity index (χ2v) is 5.25. The molecule has 0 unspecified atom stereocenters. The van der Waals surface area contributed by atoms with Crippen LogP contribution in [-0.2, 0) is 0 Å². The number of nitrogens with one attached hydrogen (secondary N) is 1. The molecule has 2 aromatic rings. The lowest BCUT2D eigenvalue weighted by Crippen LogP contribution is -2.17. The molecule has 20 heavy (non-hydrogen) atoms. The Morgan fingerprint density at radius 2 is 2.15 bits per heavy atom. The Kier molecular flexibility index (Phi) is 3.15. The summed E-state index contributed by atoms with van der Waals surface area (Å²) >= 11 is 1.57. The molecular formula is C12H11N5O2S. The van der Waals surface area contributed by atoms with Crippen LogP contribution < -0.4 is 5.43 Å². The highest BCUT2D eigenvalue weighted by Crippen LogP contribution is 2.32. The lowest BCUT2D eigenvalue weighted by atomic mass is 10.2. The molecule has 0 saturated carbocycles. The van der Waals surface area contributed by atoms with Gasteiger partial charge in [0.1, 0.15) is 5.37 Å². The van der Waals surface area contributed by atoms with Crippen molar-refractivity contribution in [2.45, 2.75) is 17.5 Å². The van der Waals surface area contributed by atoms with Crippen molar-refractivity contribution in [1.82, 2.24) is 14.9 Å². The number of rotatable bonds is 3. The van der Waals surface area contributed by atoms with Crippen molar-refractivity contribution in [2.75, 3.05) is 5.43 Å². The number of aromatic nitrogens is 3. The van der Waals surface area contributed by atoms with Crippen molar-refractivity contribution in [1.29, 1.82) is 0 Å². The molecule has 1 aliphatic rings. The summed E-state index contributed by atoms with van der Waals surface area (Å²) in [5.41, 5.74) is 4.09. The van der Waals surface area contributed by atoms with Crippen molar-refractivity contribution in [3.8, 4) is 11.4 Å². The minimum atomic E-state index is -0.422. The van der Waals surface area contributed by atoms with Crippen molar-refractivity contribution < 1.29 is 4.92 Å². The van der Waals surface area contributed by atoms with E-state index in [9.17, 15) is 10.1 Å². The molecule has 0 bridgehead atoms. The van der Waals surface area contributed by atoms with Crippen LogP contribution in [0.2, 0.25) is 0 Å². The fourth-order valence-corrected chi connectivity index (χ4v) is 2.86. The highest BCUT2D eigenvalue weighted by molar-refractivity contribution is 8.00. The van der Waals surface area contributed by atoms with Crippen LogP contribution in [0, 0.1) is 10.1 Å². The number of thioether (sulfide) groups is 1. The molecule has 102 valence electrons. The van der Waals surface area contributed by atoms with E-state index in [1.165, 1.54) is 12.1 Å². The second-order valence-electron chi connectivity index (χ2n) is 4.14. The first kappa shape index (κ1) is 12.7. The fourth-order valence-electron chi connectivity index (χ4n) is 1.91. The maximum atomic E-state index is 10.6. The van der Waals surface area contributed by atoms with Crippen LogP contribution in [0.25, 0.3) is 11.4 Å². The fraction of sp³-hybridized carbons (Fsp3) is 0.167. The van der Waals surface area contributed by atoms with Gasteiger partial charge in [0, 0.05) is 17.7 Å². The third-order valence-electron chi connectivity index (χ3n) is 2.83. The number of allylic oxidation sites excluding steroid dienone is 1. The zero-order valence-electron chi connectivity index (χ0n) is 10.6. The van der Waals surface area contributed by atoms with Gasteiger partial charge in [0.2, 0.25) is 5.16 Å². The molecule has 1 N–H and O–H groups in total. The number of non-ortho nitro benzene ring substituents is 1. The zero-order valence-corrected chi connectivity index (χ0v) is 11.4. The number of hydrogen-bond donors (Lipinski definition) is 1. The van der Waals surface area contributed by atoms with Gasteiger partial charge in [-0.1, -0.05) is 23.9 Å². The van der Waals surface area contributed by atoms with Crippen LogP contribution >= 0.6 is 11.8 Å². The van der Waals surface area contributed by atoms with E-state index in [4.69, 9.17) is 0 Å². The molecule has 0 saturated heterocycles. The summed E-state index contributed by atoms with van der Waals surface area (Å²) in [4.78, 5) is 10.2. The van der Waals surface area contributed by atoms with Gasteiger partial charge in [0.15, 0.2) is 5.82 Å². The van der Waals surface area contributed by atoms with E-state index in [2.05, 4.69) is 15.6 Å². The Labute approximate surface area is 118 Å². The standard InChI is InChI=1S/C12H11N5O2S/c1-2-3-10-15-16-11(13-14-12(16)20-10)8-4-6-9(7-5-8)17(18)19/h2-7,10,15H,1H3/b3-2+/t10-/m1/s1. The quantitative estimate of drug-likeness (QED) is 0.530. The summed E-state index contributed by atoms with van der Waals surface area (Å²) in [6.07, 6.45) is 4.00. The molecule has 0 fully saturated rings. The molecule has 7 nitrogen and oxygen atoms in total. The van der Waals surface area contributed by atoms with E-state index >= 15 is 0 Å². The molecular weight excluding hydrogens is 278 g/mol. The van der Waals surface area contributed by atoms with Crippen molar-refractivity contribution in [2.24, 2.45) is 0 Å². The number of nitro benzene ring substituents is 1. The van der Waals surface area contributed by atoms with E-state index in [0.29, 0.717) is 5.82 Å². The van der Waals surface area contributed by atoms with Crippen LogP contribution in [0.3, 0.4) is 0 Å². The van der Waals surface area contributed by atoms with E-state index in [1.54, 1.807) is 28.6 Å². The molecule has 1 atom stereocenters. The molecule has 0 spiro atoms. The smallest absolute Gasteiger partial charge is 0.269 e. The van der Waals surface area contributed by atoms with Crippen LogP contribution in [0.1, 0.15) is 6.92 Å². The summed E-state index contributed by atoms with van der Waals surface area (Å²) in [6, 6.07) is 6.26. The third kappa shape index (κ3) is 2.14. The molecule has 1 aromatic carbocycles. The van der Waals surface area contributed by atoms with E-state index in [1.807, 2.05) is 19.1 Å². The van der Waals surface area contributed by atoms with E-state index in [-0.39, 0.29) is 11.1 Å². The van der Waals surface area contributed by atoms with Gasteiger partial charge >= 0.3 is 0 Å². The van der Waals surface area contributed by atoms with Crippen molar-refractivity contribution in [3.05, 3.63) is 46.5 Å². The van der Waals surface area contributed by atoms with Crippen molar-refractivity contribution in [3.63, 3.8) is 0 Å². The summed E-state index contributed by atoms with van der Waals surface area (Å²) in [6.45, 7) is 1.96. The van der Waals surface area contributed by atoms with Gasteiger partial charge in [-0.2, -0.15) is 0 Å². The van der Waals surface area contributed by atoms with Gasteiger partial charge in [-0.3, -0.25) is 10.1 Å². The number of benzene rings is 1. The van der Waals surface area contributed by atoms with Gasteiger partial charge in [-0.15, -0.1) is 10.2 Å². The normalized spacial score (nSPS) is 17.1. The monoisotopic (exact) mass is 289 g/mol. The first-order chi connectivity index (χ1) is 9.69. The Bertz CT molecular complexity index is 680. The zero-order chi connectivity index (χ0) is 14.1. The van der Waals surface area contributed by atoms with Gasteiger partial charge in [0.25, 0.3) is 5.69 Å². The maximum absolute atomic E-state index is 10.6. The van der Waals surface area contributed by atoms with Crippen LogP contribution in [0.15, 0.2) is 41.6 Å². The summed E-state index contributed by atoms with van der Waals surface area (Å²) in [5.74, 6) is 0.648. The summed E-state index contributed by atoms with van der Waals surface area (Å²) in [7, 11) is 0. The Morgan fingerprint density at radius 3 is 2.80 bits per heavy atom. The van der Waals surface area contributed by atoms with Crippen LogP contribution in [-0.4, -0.2) is 25.2 Å². The lowest BCUT2D eigenvalue weighted by Gasteiger charge is -2.07. The first-order valence-electron chi connectivity index (χ1n) is 5.95. The molecule has 2 heterocycles. The Balaban J connectivity index is 1.91. The molecule has 8 heteroatoms. The van der Waals surface area contributed by atoms with E-state index in [0.717, 1.165) is 10.7 Å². The predicted molar refractivity (Wildman–Crippen MR) is 75.9 cm³/mol. The van der Waals surface area contributed by atoms with Crippen LogP contribution in [0.5, 0.6) is 0 Å². The minimum Gasteiger partial charge on any atom is -0.305 e. The average Bonchev–Trinajstić information content (AvgIpc) is 2.99. The number of hydrogen-bond acceptors (Lipinski definition) is 6. The second kappa shape index (κ2) is 4.97. The highest BCUT2D eigenvalue weighted by Gasteiger charge is 2.25. The topological polar surface area (TPSA) is 85.9 Å². The number of nitrogens with zero attached hydrogens (tertiary/aromatic N) is 4. The molecule has 3 rings (SSSR count). The molecule has 1 aliphatic heterocycles. The molecule has 0 aliphatic carbocycles. The largest absolute Gasteiger partial charge is 0.305 e. The molecule has 0 radical (unpaired) electrons. The predicted octanol–water partition coefficient (Wildman–Crippen LogP) is 2.40. The first-order valence-corrected chi connectivity index (χ1v) is 6.83. The minimum absolute atomic E-state index is 0.0593. The highest BCUT2D eigenvalue weighted by atomic mass is 32.2. The van der Waals surface area contributed by atoms with Gasteiger partial charge < -0.3 is 5.43 Å². The van der Waals surface area contributed by atoms with E-state index < -0.39 is 4.92 Å². The summed E-state index contributed by atoms with van der Waals surface area (Å²) in [5, 5.41) is 19.8.